The van der Waals surface area contributed by atoms with Crippen LogP contribution in [0.5, 0.6) is 0 Å². The molecule has 2 rings (SSSR count). The zero-order valence-electron chi connectivity index (χ0n) is 13.4. The van der Waals surface area contributed by atoms with E-state index in [9.17, 15) is 4.79 Å². The molecule has 1 amide bonds. The van der Waals surface area contributed by atoms with Gasteiger partial charge in [-0.3, -0.25) is 4.79 Å². The Morgan fingerprint density at radius 2 is 2.00 bits per heavy atom. The van der Waals surface area contributed by atoms with Gasteiger partial charge in [0.05, 0.1) is 13.2 Å². The van der Waals surface area contributed by atoms with Crippen molar-refractivity contribution in [2.24, 2.45) is 11.7 Å². The number of nitrogens with zero attached hydrogens (tertiary/aromatic N) is 2. The summed E-state index contributed by atoms with van der Waals surface area (Å²) in [5.74, 6) is 0.921. The Bertz CT molecular complexity index is 319. The maximum atomic E-state index is 12.1. The number of nitrogens with two attached hydrogens (primary N) is 1. The van der Waals surface area contributed by atoms with E-state index in [-0.39, 0.29) is 5.91 Å². The number of morpholine rings is 1. The SMILES string of the molecule is CN(CCCC(=O)N1CCOCC1)C1CCCCC1CN. The van der Waals surface area contributed by atoms with Gasteiger partial charge >= 0.3 is 0 Å². The highest BCUT2D eigenvalue weighted by atomic mass is 16.5. The van der Waals surface area contributed by atoms with E-state index in [1.165, 1.54) is 25.7 Å². The lowest BCUT2D eigenvalue weighted by atomic mass is 9.83. The molecule has 0 aromatic heterocycles. The van der Waals surface area contributed by atoms with Crippen LogP contribution in [0, 0.1) is 5.92 Å². The van der Waals surface area contributed by atoms with Gasteiger partial charge in [0.1, 0.15) is 0 Å². The van der Waals surface area contributed by atoms with E-state index in [0.29, 0.717) is 31.6 Å². The molecule has 1 aliphatic carbocycles. The molecule has 1 aliphatic heterocycles. The normalized spacial score (nSPS) is 27.1. The minimum Gasteiger partial charge on any atom is -0.378 e. The number of carbonyl (C=O) groups excluding carboxylic acids is 1. The maximum absolute atomic E-state index is 12.1. The van der Waals surface area contributed by atoms with Gasteiger partial charge in [-0.2, -0.15) is 0 Å². The van der Waals surface area contributed by atoms with E-state index in [1.54, 1.807) is 0 Å². The molecule has 2 unspecified atom stereocenters. The predicted octanol–water partition coefficient (Wildman–Crippen LogP) is 1.07. The van der Waals surface area contributed by atoms with Gasteiger partial charge in [-0.05, 0) is 45.3 Å². The topological polar surface area (TPSA) is 58.8 Å². The maximum Gasteiger partial charge on any atom is 0.222 e. The molecule has 0 aromatic carbocycles. The van der Waals surface area contributed by atoms with Crippen molar-refractivity contribution in [2.75, 3.05) is 46.4 Å². The van der Waals surface area contributed by atoms with E-state index < -0.39 is 0 Å². The van der Waals surface area contributed by atoms with Crippen LogP contribution in [0.25, 0.3) is 0 Å². The van der Waals surface area contributed by atoms with Crippen molar-refractivity contribution >= 4 is 5.91 Å². The minimum atomic E-state index is 0.283. The zero-order valence-corrected chi connectivity index (χ0v) is 13.4. The first-order valence-electron chi connectivity index (χ1n) is 8.48. The Hall–Kier alpha value is -0.650. The molecule has 0 spiro atoms. The van der Waals surface area contributed by atoms with Gasteiger partial charge in [-0.1, -0.05) is 12.8 Å². The molecule has 0 bridgehead atoms. The van der Waals surface area contributed by atoms with Crippen molar-refractivity contribution < 1.29 is 9.53 Å². The molecule has 1 saturated heterocycles. The molecule has 1 saturated carbocycles. The van der Waals surface area contributed by atoms with Crippen LogP contribution in [-0.4, -0.2) is 68.2 Å². The summed E-state index contributed by atoms with van der Waals surface area (Å²) in [5, 5.41) is 0. The van der Waals surface area contributed by atoms with Gasteiger partial charge in [0.15, 0.2) is 0 Å². The van der Waals surface area contributed by atoms with E-state index in [0.717, 1.165) is 32.6 Å². The van der Waals surface area contributed by atoms with Crippen LogP contribution in [-0.2, 0) is 9.53 Å². The molecule has 0 radical (unpaired) electrons. The summed E-state index contributed by atoms with van der Waals surface area (Å²) < 4.78 is 5.28. The third-order valence-corrected chi connectivity index (χ3v) is 5.00. The van der Waals surface area contributed by atoms with Crippen molar-refractivity contribution in [1.82, 2.24) is 9.80 Å². The van der Waals surface area contributed by atoms with E-state index in [2.05, 4.69) is 11.9 Å². The number of ether oxygens (including phenoxy) is 1. The first kappa shape index (κ1) is 16.7. The van der Waals surface area contributed by atoms with Crippen molar-refractivity contribution in [2.45, 2.75) is 44.6 Å². The lowest BCUT2D eigenvalue weighted by Gasteiger charge is -2.37. The largest absolute Gasteiger partial charge is 0.378 e. The molecule has 0 aromatic rings. The molecule has 2 atom stereocenters. The van der Waals surface area contributed by atoms with Gasteiger partial charge in [0.25, 0.3) is 0 Å². The van der Waals surface area contributed by atoms with Gasteiger partial charge in [-0.15, -0.1) is 0 Å². The van der Waals surface area contributed by atoms with Crippen LogP contribution in [0.4, 0.5) is 0 Å². The molecule has 1 heterocycles. The minimum absolute atomic E-state index is 0.283. The molecular weight excluding hydrogens is 266 g/mol. The van der Waals surface area contributed by atoms with Crippen molar-refractivity contribution in [3.63, 3.8) is 0 Å². The van der Waals surface area contributed by atoms with Crippen LogP contribution in [0.15, 0.2) is 0 Å². The summed E-state index contributed by atoms with van der Waals surface area (Å²) in [6, 6.07) is 0.613. The van der Waals surface area contributed by atoms with Gasteiger partial charge in [0.2, 0.25) is 5.91 Å². The lowest BCUT2D eigenvalue weighted by Crippen LogP contribution is -2.44. The number of hydrogen-bond acceptors (Lipinski definition) is 4. The van der Waals surface area contributed by atoms with E-state index >= 15 is 0 Å². The number of carbonyl (C=O) groups is 1. The zero-order chi connectivity index (χ0) is 15.1. The fourth-order valence-corrected chi connectivity index (χ4v) is 3.66. The summed E-state index contributed by atoms with van der Waals surface area (Å²) in [4.78, 5) is 16.5. The third kappa shape index (κ3) is 4.94. The molecular formula is C16H31N3O2. The Labute approximate surface area is 128 Å². The molecule has 122 valence electrons. The fourth-order valence-electron chi connectivity index (χ4n) is 3.66. The smallest absolute Gasteiger partial charge is 0.222 e. The standard InChI is InChI=1S/C16H31N3O2/c1-18(15-6-3-2-5-14(15)13-17)8-4-7-16(20)19-9-11-21-12-10-19/h14-15H,2-13,17H2,1H3. The van der Waals surface area contributed by atoms with Crippen LogP contribution in [0.1, 0.15) is 38.5 Å². The average Bonchev–Trinajstić information content (AvgIpc) is 2.55. The number of amides is 1. The molecule has 5 nitrogen and oxygen atoms in total. The molecule has 2 fully saturated rings. The second kappa shape index (κ2) is 8.71. The first-order chi connectivity index (χ1) is 10.2. The Morgan fingerprint density at radius 1 is 1.29 bits per heavy atom. The number of rotatable bonds is 6. The monoisotopic (exact) mass is 297 g/mol. The first-order valence-corrected chi connectivity index (χ1v) is 8.48. The van der Waals surface area contributed by atoms with Crippen LogP contribution < -0.4 is 5.73 Å². The fraction of sp³-hybridized carbons (Fsp3) is 0.938. The predicted molar refractivity (Wildman–Crippen MR) is 84.1 cm³/mol. The van der Waals surface area contributed by atoms with Crippen LogP contribution >= 0.6 is 0 Å². The summed E-state index contributed by atoms with van der Waals surface area (Å²) >= 11 is 0. The number of hydrogen-bond donors (Lipinski definition) is 1. The Kier molecular flexibility index (Phi) is 6.93. The summed E-state index contributed by atoms with van der Waals surface area (Å²) in [6.45, 7) is 4.68. The van der Waals surface area contributed by atoms with E-state index in [4.69, 9.17) is 10.5 Å². The molecule has 21 heavy (non-hydrogen) atoms. The molecule has 5 heteroatoms. The van der Waals surface area contributed by atoms with Crippen molar-refractivity contribution in [1.29, 1.82) is 0 Å². The molecule has 2 N–H and O–H groups in total. The molecule has 2 aliphatic rings. The summed E-state index contributed by atoms with van der Waals surface area (Å²) in [5.41, 5.74) is 5.91. The average molecular weight is 297 g/mol. The highest BCUT2D eigenvalue weighted by Gasteiger charge is 2.27. The van der Waals surface area contributed by atoms with E-state index in [1.807, 2.05) is 4.90 Å². The Morgan fingerprint density at radius 3 is 2.71 bits per heavy atom. The second-order valence-electron chi connectivity index (χ2n) is 6.42. The van der Waals surface area contributed by atoms with Gasteiger partial charge in [0, 0.05) is 25.6 Å². The van der Waals surface area contributed by atoms with Crippen molar-refractivity contribution in [3.05, 3.63) is 0 Å². The van der Waals surface area contributed by atoms with Gasteiger partial charge in [-0.25, -0.2) is 0 Å². The summed E-state index contributed by atoms with van der Waals surface area (Å²) in [7, 11) is 2.19. The highest BCUT2D eigenvalue weighted by Crippen LogP contribution is 2.27. The second-order valence-corrected chi connectivity index (χ2v) is 6.42. The van der Waals surface area contributed by atoms with Gasteiger partial charge < -0.3 is 20.3 Å². The Balaban J connectivity index is 1.68. The summed E-state index contributed by atoms with van der Waals surface area (Å²) in [6.07, 6.45) is 6.76. The van der Waals surface area contributed by atoms with Crippen LogP contribution in [0.2, 0.25) is 0 Å². The van der Waals surface area contributed by atoms with Crippen molar-refractivity contribution in [3.8, 4) is 0 Å². The quantitative estimate of drug-likeness (QED) is 0.797. The third-order valence-electron chi connectivity index (χ3n) is 5.00. The van der Waals surface area contributed by atoms with Crippen LogP contribution in [0.3, 0.4) is 0 Å². The highest BCUT2D eigenvalue weighted by molar-refractivity contribution is 5.76. The lowest BCUT2D eigenvalue weighted by molar-refractivity contribution is -0.135.